The fourth-order valence-corrected chi connectivity index (χ4v) is 7.70. The number of nitrogens with zero attached hydrogens (tertiary/aromatic N) is 2. The molecule has 45 heavy (non-hydrogen) atoms. The fourth-order valence-electron chi connectivity index (χ4n) is 7.70. The monoisotopic (exact) mass is 616 g/mol. The lowest BCUT2D eigenvalue weighted by atomic mass is 9.68. The van der Waals surface area contributed by atoms with Crippen molar-refractivity contribution in [2.75, 3.05) is 33.4 Å². The molecule has 3 aliphatic rings. The number of carbonyl (C=O) groups excluding carboxylic acids is 2. The van der Waals surface area contributed by atoms with Gasteiger partial charge in [0.15, 0.2) is 0 Å². The number of hydrogen-bond donors (Lipinski definition) is 3. The van der Waals surface area contributed by atoms with Gasteiger partial charge >= 0.3 is 0 Å². The second-order valence-corrected chi connectivity index (χ2v) is 12.9. The molecular weight excluding hydrogens is 568 g/mol. The van der Waals surface area contributed by atoms with Crippen molar-refractivity contribution in [1.82, 2.24) is 9.80 Å². The molecule has 242 valence electrons. The number of carbonyl (C=O) groups is 2. The molecule has 2 aliphatic heterocycles. The van der Waals surface area contributed by atoms with Crippen LogP contribution in [0.25, 0.3) is 6.08 Å². The lowest BCUT2D eigenvalue weighted by molar-refractivity contribution is -0.144. The second-order valence-electron chi connectivity index (χ2n) is 12.9. The summed E-state index contributed by atoms with van der Waals surface area (Å²) in [5.41, 5.74) is 4.91. The Balaban J connectivity index is 1.29. The lowest BCUT2D eigenvalue weighted by Gasteiger charge is -2.37. The van der Waals surface area contributed by atoms with E-state index in [1.54, 1.807) is 19.2 Å². The van der Waals surface area contributed by atoms with Gasteiger partial charge in [0.1, 0.15) is 5.75 Å². The van der Waals surface area contributed by atoms with E-state index in [2.05, 4.69) is 30.0 Å². The van der Waals surface area contributed by atoms with Crippen molar-refractivity contribution in [2.45, 2.75) is 70.6 Å². The molecule has 2 fully saturated rings. The lowest BCUT2D eigenvalue weighted by Crippen LogP contribution is -2.47. The number of phenols is 1. The number of fused-ring (bicyclic) bond motifs is 1. The van der Waals surface area contributed by atoms with Crippen LogP contribution < -0.4 is 0 Å². The second kappa shape index (κ2) is 15.3. The number of aromatic hydroxyl groups is 1. The molecule has 2 aromatic rings. The van der Waals surface area contributed by atoms with E-state index < -0.39 is 23.9 Å². The number of likely N-dealkylation sites (tertiary alicyclic amines) is 2. The predicted octanol–water partition coefficient (Wildman–Crippen LogP) is 4.94. The Labute approximate surface area is 267 Å². The van der Waals surface area contributed by atoms with E-state index >= 15 is 0 Å². The maximum absolute atomic E-state index is 14.0. The largest absolute Gasteiger partial charge is 0.508 e. The predicted molar refractivity (Wildman–Crippen MR) is 174 cm³/mol. The van der Waals surface area contributed by atoms with Crippen molar-refractivity contribution < 1.29 is 29.6 Å². The van der Waals surface area contributed by atoms with Crippen molar-refractivity contribution in [3.05, 3.63) is 82.4 Å². The Bertz CT molecular complexity index is 1360. The molecule has 4 atom stereocenters. The molecule has 8 nitrogen and oxygen atoms in total. The van der Waals surface area contributed by atoms with Gasteiger partial charge in [-0.1, -0.05) is 67.5 Å². The highest BCUT2D eigenvalue weighted by atomic mass is 16.5. The first-order valence-electron chi connectivity index (χ1n) is 16.5. The maximum Gasteiger partial charge on any atom is 0.234 e. The molecule has 0 aromatic heterocycles. The highest BCUT2D eigenvalue weighted by Crippen LogP contribution is 2.47. The zero-order valence-electron chi connectivity index (χ0n) is 26.6. The molecule has 2 aromatic carbocycles. The molecule has 0 spiro atoms. The summed E-state index contributed by atoms with van der Waals surface area (Å²) in [7, 11) is 1.59. The third-order valence-electron chi connectivity index (χ3n) is 9.84. The molecule has 0 unspecified atom stereocenters. The molecule has 0 bridgehead atoms. The summed E-state index contributed by atoms with van der Waals surface area (Å²) in [6, 6.07) is 17.2. The SMILES string of the molecule is CCC/C(=C\c1ccc(O)cc1)CC[C@@H](O)C1=C(COC)C[C@H]2C(=O)N(C3CCN(Cc4ccccc4)CC3)C(=O)[C@H]2[C@H]1CO. The Morgan fingerprint density at radius 3 is 2.38 bits per heavy atom. The van der Waals surface area contributed by atoms with E-state index in [1.807, 2.05) is 30.3 Å². The number of benzene rings is 2. The smallest absolute Gasteiger partial charge is 0.234 e. The first-order chi connectivity index (χ1) is 21.8. The average molecular weight is 617 g/mol. The standard InChI is InChI=1S/C37H48N2O6/c1-3-7-25(20-26-10-13-30(41)14-11-26)12-15-33(42)34-28(24-45-2)21-31-35(32(34)23-40)37(44)39(36(31)43)29-16-18-38(19-17-29)22-27-8-5-4-6-9-27/h4-6,8-11,13-14,20,29,31-33,35,40-42H,3,7,12,15-19,21-24H2,1-2H3/b25-20+/t31-,32+,33-,35-/m1/s1. The van der Waals surface area contributed by atoms with Gasteiger partial charge in [-0.3, -0.25) is 19.4 Å². The van der Waals surface area contributed by atoms with Crippen LogP contribution in [0.1, 0.15) is 63.0 Å². The zero-order valence-corrected chi connectivity index (χ0v) is 26.6. The van der Waals surface area contributed by atoms with Crippen LogP contribution in [0.2, 0.25) is 0 Å². The van der Waals surface area contributed by atoms with Crippen molar-refractivity contribution in [3.63, 3.8) is 0 Å². The highest BCUT2D eigenvalue weighted by Gasteiger charge is 2.56. The van der Waals surface area contributed by atoms with Gasteiger partial charge in [0.2, 0.25) is 11.8 Å². The maximum atomic E-state index is 14.0. The average Bonchev–Trinajstić information content (AvgIpc) is 3.30. The Morgan fingerprint density at radius 2 is 1.73 bits per heavy atom. The van der Waals surface area contributed by atoms with Gasteiger partial charge in [0, 0.05) is 38.7 Å². The first kappa shape index (κ1) is 33.1. The van der Waals surface area contributed by atoms with Crippen LogP contribution in [0.5, 0.6) is 5.75 Å². The summed E-state index contributed by atoms with van der Waals surface area (Å²) in [5, 5.41) is 32.0. The number of imide groups is 1. The summed E-state index contributed by atoms with van der Waals surface area (Å²) in [4.78, 5) is 31.8. The minimum Gasteiger partial charge on any atom is -0.508 e. The van der Waals surface area contributed by atoms with Gasteiger partial charge in [-0.15, -0.1) is 0 Å². The van der Waals surface area contributed by atoms with E-state index in [9.17, 15) is 24.9 Å². The number of amides is 2. The minimum atomic E-state index is -0.869. The normalized spacial score (nSPS) is 24.0. The van der Waals surface area contributed by atoms with Crippen molar-refractivity contribution >= 4 is 17.9 Å². The van der Waals surface area contributed by atoms with Crippen molar-refractivity contribution in [1.29, 1.82) is 0 Å². The van der Waals surface area contributed by atoms with E-state index in [1.165, 1.54) is 16.0 Å². The molecule has 8 heteroatoms. The number of allylic oxidation sites excluding steroid dienone is 1. The van der Waals surface area contributed by atoms with Gasteiger partial charge in [0.05, 0.1) is 31.2 Å². The van der Waals surface area contributed by atoms with E-state index in [4.69, 9.17) is 4.74 Å². The zero-order chi connectivity index (χ0) is 31.9. The number of aliphatic hydroxyl groups is 2. The van der Waals surface area contributed by atoms with Gasteiger partial charge < -0.3 is 20.1 Å². The third kappa shape index (κ3) is 7.58. The molecule has 2 heterocycles. The number of piperidine rings is 1. The Hall–Kier alpha value is -3.30. The summed E-state index contributed by atoms with van der Waals surface area (Å²) in [6.07, 6.45) is 5.97. The molecule has 0 radical (unpaired) electrons. The number of phenolic OH excluding ortho intramolecular Hbond substituents is 1. The van der Waals surface area contributed by atoms with E-state index in [0.717, 1.165) is 56.5 Å². The van der Waals surface area contributed by atoms with E-state index in [-0.39, 0.29) is 36.8 Å². The van der Waals surface area contributed by atoms with Gasteiger partial charge in [0.25, 0.3) is 0 Å². The number of hydrogen-bond acceptors (Lipinski definition) is 7. The van der Waals surface area contributed by atoms with Crippen LogP contribution in [-0.4, -0.2) is 82.5 Å². The summed E-state index contributed by atoms with van der Waals surface area (Å²) in [5.74, 6) is -1.96. The quantitative estimate of drug-likeness (QED) is 0.216. The highest BCUT2D eigenvalue weighted by molar-refractivity contribution is 6.06. The van der Waals surface area contributed by atoms with Crippen molar-refractivity contribution in [3.8, 4) is 5.75 Å². The summed E-state index contributed by atoms with van der Waals surface area (Å²) in [6.45, 7) is 4.52. The van der Waals surface area contributed by atoms with Gasteiger partial charge in [-0.25, -0.2) is 0 Å². The van der Waals surface area contributed by atoms with Crippen LogP contribution in [-0.2, 0) is 20.9 Å². The molecular formula is C37H48N2O6. The van der Waals surface area contributed by atoms with Crippen LogP contribution >= 0.6 is 0 Å². The van der Waals surface area contributed by atoms with Crippen LogP contribution in [0.3, 0.4) is 0 Å². The number of rotatable bonds is 13. The van der Waals surface area contributed by atoms with Crippen LogP contribution in [0.15, 0.2) is 71.3 Å². The Morgan fingerprint density at radius 1 is 1.02 bits per heavy atom. The molecule has 3 N–H and O–H groups in total. The molecule has 0 saturated carbocycles. The summed E-state index contributed by atoms with van der Waals surface area (Å²) >= 11 is 0. The van der Waals surface area contributed by atoms with Gasteiger partial charge in [-0.05, 0) is 72.9 Å². The number of methoxy groups -OCH3 is 1. The molecule has 1 aliphatic carbocycles. The molecule has 5 rings (SSSR count). The number of ether oxygens (including phenoxy) is 1. The molecule has 2 saturated heterocycles. The van der Waals surface area contributed by atoms with Crippen molar-refractivity contribution in [2.24, 2.45) is 17.8 Å². The van der Waals surface area contributed by atoms with Gasteiger partial charge in [-0.2, -0.15) is 0 Å². The van der Waals surface area contributed by atoms with Crippen LogP contribution in [0.4, 0.5) is 0 Å². The third-order valence-corrected chi connectivity index (χ3v) is 9.84. The molecule has 2 amide bonds. The van der Waals surface area contributed by atoms with E-state index in [0.29, 0.717) is 24.8 Å². The number of aliphatic hydroxyl groups excluding tert-OH is 2. The fraction of sp³-hybridized carbons (Fsp3) is 0.514. The van der Waals surface area contributed by atoms with Crippen LogP contribution in [0, 0.1) is 17.8 Å². The summed E-state index contributed by atoms with van der Waals surface area (Å²) < 4.78 is 5.52. The topological polar surface area (TPSA) is 111 Å². The Kier molecular flexibility index (Phi) is 11.3. The first-order valence-corrected chi connectivity index (χ1v) is 16.5. The minimum absolute atomic E-state index is 0.144.